The van der Waals surface area contributed by atoms with Gasteiger partial charge in [0, 0.05) is 18.0 Å². The first-order valence-electron chi connectivity index (χ1n) is 6.19. The minimum absolute atomic E-state index is 0.0621. The van der Waals surface area contributed by atoms with E-state index in [4.69, 9.17) is 10.5 Å². The molecular weight excluding hydrogens is 273 g/mol. The zero-order valence-electron chi connectivity index (χ0n) is 11.1. The average Bonchev–Trinajstić information content (AvgIpc) is 2.36. The molecule has 7 heteroatoms. The van der Waals surface area contributed by atoms with Crippen molar-refractivity contribution in [2.45, 2.75) is 25.9 Å². The van der Waals surface area contributed by atoms with E-state index in [1.165, 1.54) is 6.07 Å². The second-order valence-electron chi connectivity index (χ2n) is 4.21. The van der Waals surface area contributed by atoms with Crippen molar-refractivity contribution >= 4 is 17.3 Å². The summed E-state index contributed by atoms with van der Waals surface area (Å²) in [5.74, 6) is -0.404. The maximum absolute atomic E-state index is 12.6. The first kappa shape index (κ1) is 16.3. The molecule has 0 aliphatic carbocycles. The Morgan fingerprint density at radius 2 is 2.05 bits per heavy atom. The zero-order chi connectivity index (χ0) is 15.2. The summed E-state index contributed by atoms with van der Waals surface area (Å²) in [6, 6.07) is 3.27. The fourth-order valence-corrected chi connectivity index (χ4v) is 1.51. The van der Waals surface area contributed by atoms with Crippen LogP contribution in [0.15, 0.2) is 18.2 Å². The normalized spacial score (nSPS) is 11.4. The zero-order valence-corrected chi connectivity index (χ0v) is 11.1. The number of alkyl halides is 3. The molecule has 1 aromatic rings. The molecule has 0 aliphatic rings. The van der Waals surface area contributed by atoms with Gasteiger partial charge >= 0.3 is 6.18 Å². The maximum Gasteiger partial charge on any atom is 0.418 e. The monoisotopic (exact) mass is 290 g/mol. The third kappa shape index (κ3) is 5.08. The van der Waals surface area contributed by atoms with Crippen molar-refractivity contribution < 1.29 is 22.7 Å². The molecule has 20 heavy (non-hydrogen) atoms. The van der Waals surface area contributed by atoms with Crippen LogP contribution in [0.2, 0.25) is 0 Å². The Bertz CT molecular complexity index is 461. The lowest BCUT2D eigenvalue weighted by Gasteiger charge is -2.12. The largest absolute Gasteiger partial charge is 0.418 e. The molecule has 112 valence electrons. The minimum Gasteiger partial charge on any atom is -0.398 e. The van der Waals surface area contributed by atoms with Crippen molar-refractivity contribution in [2.75, 3.05) is 24.3 Å². The van der Waals surface area contributed by atoms with Crippen LogP contribution >= 0.6 is 0 Å². The van der Waals surface area contributed by atoms with Gasteiger partial charge in [0.2, 0.25) is 5.91 Å². The van der Waals surface area contributed by atoms with Crippen LogP contribution in [0.25, 0.3) is 0 Å². The van der Waals surface area contributed by atoms with Crippen LogP contribution in [-0.4, -0.2) is 19.1 Å². The molecule has 1 amide bonds. The number of benzene rings is 1. The number of nitrogen functional groups attached to an aromatic ring is 1. The molecule has 0 atom stereocenters. The SMILES string of the molecule is CCCOCCC(=O)Nc1ccc(N)c(C(F)(F)F)c1. The summed E-state index contributed by atoms with van der Waals surface area (Å²) < 4.78 is 43.1. The molecule has 0 radical (unpaired) electrons. The smallest absolute Gasteiger partial charge is 0.398 e. The lowest BCUT2D eigenvalue weighted by molar-refractivity contribution is -0.137. The molecule has 0 saturated heterocycles. The predicted octanol–water partition coefficient (Wildman–Crippen LogP) is 3.04. The highest BCUT2D eigenvalue weighted by molar-refractivity contribution is 5.91. The van der Waals surface area contributed by atoms with E-state index in [1.54, 1.807) is 0 Å². The van der Waals surface area contributed by atoms with Gasteiger partial charge in [-0.3, -0.25) is 4.79 Å². The van der Waals surface area contributed by atoms with E-state index in [1.807, 2.05) is 6.92 Å². The van der Waals surface area contributed by atoms with Crippen LogP contribution in [0, 0.1) is 0 Å². The number of anilines is 2. The number of nitrogens with one attached hydrogen (secondary N) is 1. The van der Waals surface area contributed by atoms with Crippen molar-refractivity contribution in [1.29, 1.82) is 0 Å². The van der Waals surface area contributed by atoms with Gasteiger partial charge in [0.05, 0.1) is 18.6 Å². The Balaban J connectivity index is 2.62. The summed E-state index contributed by atoms with van der Waals surface area (Å²) in [6.45, 7) is 2.72. The summed E-state index contributed by atoms with van der Waals surface area (Å²) in [7, 11) is 0. The Morgan fingerprint density at radius 3 is 2.65 bits per heavy atom. The quantitative estimate of drug-likeness (QED) is 0.625. The van der Waals surface area contributed by atoms with Gasteiger partial charge in [-0.15, -0.1) is 0 Å². The maximum atomic E-state index is 12.6. The summed E-state index contributed by atoms with van der Waals surface area (Å²) in [5, 5.41) is 2.38. The standard InChI is InChI=1S/C13H17F3N2O2/c1-2-6-20-7-5-12(19)18-9-3-4-11(17)10(8-9)13(14,15)16/h3-4,8H,2,5-7,17H2,1H3,(H,18,19). The Labute approximate surface area is 115 Å². The molecule has 4 nitrogen and oxygen atoms in total. The lowest BCUT2D eigenvalue weighted by atomic mass is 10.1. The van der Waals surface area contributed by atoms with Gasteiger partial charge < -0.3 is 15.8 Å². The van der Waals surface area contributed by atoms with E-state index < -0.39 is 17.6 Å². The van der Waals surface area contributed by atoms with Crippen molar-refractivity contribution in [2.24, 2.45) is 0 Å². The molecule has 0 fully saturated rings. The molecule has 0 saturated carbocycles. The molecule has 0 bridgehead atoms. The lowest BCUT2D eigenvalue weighted by Crippen LogP contribution is -2.16. The van der Waals surface area contributed by atoms with E-state index in [-0.39, 0.29) is 24.4 Å². The topological polar surface area (TPSA) is 64.3 Å². The second-order valence-corrected chi connectivity index (χ2v) is 4.21. The van der Waals surface area contributed by atoms with Gasteiger partial charge in [-0.05, 0) is 24.6 Å². The Hall–Kier alpha value is -1.76. The average molecular weight is 290 g/mol. The van der Waals surface area contributed by atoms with Crippen LogP contribution in [0.4, 0.5) is 24.5 Å². The molecular formula is C13H17F3N2O2. The van der Waals surface area contributed by atoms with Crippen molar-refractivity contribution in [1.82, 2.24) is 0 Å². The molecule has 1 rings (SSSR count). The number of carbonyl (C=O) groups excluding carboxylic acids is 1. The third-order valence-corrected chi connectivity index (χ3v) is 2.46. The van der Waals surface area contributed by atoms with E-state index in [0.717, 1.165) is 18.6 Å². The molecule has 0 heterocycles. The first-order valence-corrected chi connectivity index (χ1v) is 6.19. The summed E-state index contributed by atoms with van der Waals surface area (Å²) in [6.07, 6.45) is -3.62. The van der Waals surface area contributed by atoms with E-state index in [2.05, 4.69) is 5.32 Å². The summed E-state index contributed by atoms with van der Waals surface area (Å²) in [4.78, 5) is 11.5. The molecule has 1 aromatic carbocycles. The number of halogens is 3. The fourth-order valence-electron chi connectivity index (χ4n) is 1.51. The molecule has 0 spiro atoms. The van der Waals surface area contributed by atoms with Crippen LogP contribution in [0.5, 0.6) is 0 Å². The van der Waals surface area contributed by atoms with Crippen LogP contribution < -0.4 is 11.1 Å². The fraction of sp³-hybridized carbons (Fsp3) is 0.462. The molecule has 0 unspecified atom stereocenters. The highest BCUT2D eigenvalue weighted by Crippen LogP contribution is 2.35. The number of rotatable bonds is 6. The third-order valence-electron chi connectivity index (χ3n) is 2.46. The van der Waals surface area contributed by atoms with E-state index >= 15 is 0 Å². The Kier molecular flexibility index (Phi) is 5.82. The Morgan fingerprint density at radius 1 is 1.35 bits per heavy atom. The highest BCUT2D eigenvalue weighted by atomic mass is 19.4. The van der Waals surface area contributed by atoms with Crippen molar-refractivity contribution in [3.63, 3.8) is 0 Å². The first-order chi connectivity index (χ1) is 9.34. The minimum atomic E-state index is -4.55. The van der Waals surface area contributed by atoms with Crippen LogP contribution in [0.3, 0.4) is 0 Å². The van der Waals surface area contributed by atoms with E-state index in [9.17, 15) is 18.0 Å². The number of nitrogens with two attached hydrogens (primary N) is 1. The van der Waals surface area contributed by atoms with Gasteiger partial charge in [-0.25, -0.2) is 0 Å². The van der Waals surface area contributed by atoms with Gasteiger partial charge in [-0.2, -0.15) is 13.2 Å². The van der Waals surface area contributed by atoms with Crippen molar-refractivity contribution in [3.8, 4) is 0 Å². The molecule has 0 aliphatic heterocycles. The van der Waals surface area contributed by atoms with Gasteiger partial charge in [0.1, 0.15) is 0 Å². The summed E-state index contributed by atoms with van der Waals surface area (Å²) in [5.41, 5.74) is 4.00. The van der Waals surface area contributed by atoms with Gasteiger partial charge in [0.25, 0.3) is 0 Å². The van der Waals surface area contributed by atoms with Gasteiger partial charge in [-0.1, -0.05) is 6.92 Å². The van der Waals surface area contributed by atoms with E-state index in [0.29, 0.717) is 6.61 Å². The molecule has 0 aromatic heterocycles. The van der Waals surface area contributed by atoms with Crippen LogP contribution in [-0.2, 0) is 15.7 Å². The molecule has 3 N–H and O–H groups in total. The number of hydrogen-bond acceptors (Lipinski definition) is 3. The number of carbonyl (C=O) groups is 1. The number of hydrogen-bond donors (Lipinski definition) is 2. The van der Waals surface area contributed by atoms with Crippen LogP contribution in [0.1, 0.15) is 25.3 Å². The summed E-state index contributed by atoms with van der Waals surface area (Å²) >= 11 is 0. The number of amides is 1. The second kappa shape index (κ2) is 7.14. The predicted molar refractivity (Wildman–Crippen MR) is 70.2 cm³/mol. The van der Waals surface area contributed by atoms with Gasteiger partial charge in [0.15, 0.2) is 0 Å². The van der Waals surface area contributed by atoms with Crippen molar-refractivity contribution in [3.05, 3.63) is 23.8 Å². The number of ether oxygens (including phenoxy) is 1. The highest BCUT2D eigenvalue weighted by Gasteiger charge is 2.33.